The molecule has 1 aromatic rings. The summed E-state index contributed by atoms with van der Waals surface area (Å²) in [6.45, 7) is 7.04. The van der Waals surface area contributed by atoms with E-state index in [1.54, 1.807) is 39.8 Å². The quantitative estimate of drug-likeness (QED) is 0.724. The molecule has 3 rings (SSSR count). The first-order valence-electron chi connectivity index (χ1n) is 8.49. The lowest BCUT2D eigenvalue weighted by Gasteiger charge is -2.27. The molecule has 0 aromatic heterocycles. The number of benzene rings is 1. The van der Waals surface area contributed by atoms with Gasteiger partial charge in [-0.15, -0.1) is 0 Å². The SMILES string of the molecule is Cc1ccc(C2(C(F)(F)F)CC2)c(OC2(C(=O)OC(C)(C)C)CC2)c1. The molecule has 2 fully saturated rings. The van der Waals surface area contributed by atoms with Crippen LogP contribution < -0.4 is 4.74 Å². The molecule has 0 atom stereocenters. The lowest BCUT2D eigenvalue weighted by atomic mass is 9.93. The molecule has 0 spiro atoms. The van der Waals surface area contributed by atoms with Gasteiger partial charge >= 0.3 is 12.1 Å². The molecule has 2 aliphatic rings. The molecule has 0 N–H and O–H groups in total. The molecule has 0 saturated heterocycles. The Bertz CT molecular complexity index is 693. The molecule has 2 aliphatic carbocycles. The summed E-state index contributed by atoms with van der Waals surface area (Å²) in [6.07, 6.45) is -3.32. The van der Waals surface area contributed by atoms with Gasteiger partial charge in [-0.25, -0.2) is 4.79 Å². The summed E-state index contributed by atoms with van der Waals surface area (Å²) < 4.78 is 51.9. The molecular weight excluding hydrogens is 333 g/mol. The fourth-order valence-corrected chi connectivity index (χ4v) is 2.98. The van der Waals surface area contributed by atoms with Gasteiger partial charge in [0.25, 0.3) is 0 Å². The molecule has 0 radical (unpaired) electrons. The van der Waals surface area contributed by atoms with E-state index in [1.165, 1.54) is 6.07 Å². The molecule has 1 aromatic carbocycles. The van der Waals surface area contributed by atoms with Crippen molar-refractivity contribution < 1.29 is 27.4 Å². The largest absolute Gasteiger partial charge is 0.475 e. The van der Waals surface area contributed by atoms with Crippen LogP contribution in [-0.4, -0.2) is 23.3 Å². The van der Waals surface area contributed by atoms with Crippen molar-refractivity contribution in [1.29, 1.82) is 0 Å². The zero-order valence-corrected chi connectivity index (χ0v) is 14.9. The summed E-state index contributed by atoms with van der Waals surface area (Å²) in [4.78, 5) is 12.4. The Hall–Kier alpha value is -1.72. The van der Waals surface area contributed by atoms with E-state index >= 15 is 0 Å². The molecule has 3 nitrogen and oxygen atoms in total. The van der Waals surface area contributed by atoms with Crippen molar-refractivity contribution in [2.75, 3.05) is 0 Å². The maximum absolute atomic E-state index is 13.5. The summed E-state index contributed by atoms with van der Waals surface area (Å²) in [6, 6.07) is 4.73. The average Bonchev–Trinajstić information content (AvgIpc) is 3.30. The maximum Gasteiger partial charge on any atom is 0.398 e. The molecule has 2 saturated carbocycles. The van der Waals surface area contributed by atoms with Crippen LogP contribution in [0.4, 0.5) is 13.2 Å². The van der Waals surface area contributed by atoms with Crippen molar-refractivity contribution in [3.05, 3.63) is 29.3 Å². The Balaban J connectivity index is 1.91. The van der Waals surface area contributed by atoms with Crippen LogP contribution in [0.25, 0.3) is 0 Å². The highest BCUT2D eigenvalue weighted by molar-refractivity contribution is 5.83. The second-order valence-corrected chi connectivity index (χ2v) is 8.18. The first-order chi connectivity index (χ1) is 11.4. The van der Waals surface area contributed by atoms with E-state index in [0.717, 1.165) is 5.56 Å². The van der Waals surface area contributed by atoms with Gasteiger partial charge in [-0.05, 0) is 52.2 Å². The fraction of sp³-hybridized carbons (Fsp3) is 0.632. The average molecular weight is 356 g/mol. The topological polar surface area (TPSA) is 35.5 Å². The Morgan fingerprint density at radius 2 is 1.68 bits per heavy atom. The van der Waals surface area contributed by atoms with Crippen molar-refractivity contribution in [2.24, 2.45) is 0 Å². The number of rotatable bonds is 4. The first kappa shape index (κ1) is 18.1. The van der Waals surface area contributed by atoms with Gasteiger partial charge in [-0.1, -0.05) is 12.1 Å². The Morgan fingerprint density at radius 1 is 1.08 bits per heavy atom. The van der Waals surface area contributed by atoms with Gasteiger partial charge in [0.15, 0.2) is 0 Å². The van der Waals surface area contributed by atoms with Gasteiger partial charge in [-0.2, -0.15) is 13.2 Å². The Morgan fingerprint density at radius 3 is 2.12 bits per heavy atom. The zero-order valence-electron chi connectivity index (χ0n) is 14.9. The molecule has 0 unspecified atom stereocenters. The van der Waals surface area contributed by atoms with Crippen LogP contribution >= 0.6 is 0 Å². The molecule has 0 aliphatic heterocycles. The van der Waals surface area contributed by atoms with Gasteiger partial charge < -0.3 is 9.47 Å². The van der Waals surface area contributed by atoms with Crippen molar-refractivity contribution in [1.82, 2.24) is 0 Å². The van der Waals surface area contributed by atoms with Crippen molar-refractivity contribution >= 4 is 5.97 Å². The van der Waals surface area contributed by atoms with Crippen LogP contribution in [0, 0.1) is 6.92 Å². The second kappa shape index (κ2) is 5.39. The number of alkyl halides is 3. The molecule has 138 valence electrons. The van der Waals surface area contributed by atoms with E-state index in [2.05, 4.69) is 0 Å². The van der Waals surface area contributed by atoms with Crippen molar-refractivity contribution in [3.8, 4) is 5.75 Å². The molecule has 0 amide bonds. The second-order valence-electron chi connectivity index (χ2n) is 8.18. The molecule has 0 bridgehead atoms. The van der Waals surface area contributed by atoms with E-state index in [-0.39, 0.29) is 24.2 Å². The summed E-state index contributed by atoms with van der Waals surface area (Å²) in [7, 11) is 0. The Labute approximate surface area is 145 Å². The summed E-state index contributed by atoms with van der Waals surface area (Å²) in [5.41, 5.74) is -2.76. The van der Waals surface area contributed by atoms with E-state index in [0.29, 0.717) is 12.8 Å². The minimum absolute atomic E-state index is 0.0510. The maximum atomic E-state index is 13.5. The van der Waals surface area contributed by atoms with Crippen LogP contribution in [0.5, 0.6) is 5.75 Å². The normalized spacial score (nSPS) is 20.8. The predicted molar refractivity (Wildman–Crippen MR) is 86.6 cm³/mol. The molecule has 25 heavy (non-hydrogen) atoms. The Kier molecular flexibility index (Phi) is 3.90. The highest BCUT2D eigenvalue weighted by atomic mass is 19.4. The lowest BCUT2D eigenvalue weighted by molar-refractivity contribution is -0.166. The third-order valence-electron chi connectivity index (χ3n) is 4.73. The predicted octanol–water partition coefficient (Wildman–Crippen LogP) is 4.84. The van der Waals surface area contributed by atoms with Crippen LogP contribution in [0.2, 0.25) is 0 Å². The highest BCUT2D eigenvalue weighted by Gasteiger charge is 2.66. The summed E-state index contributed by atoms with van der Waals surface area (Å²) >= 11 is 0. The van der Waals surface area contributed by atoms with Gasteiger partial charge in [0.2, 0.25) is 5.60 Å². The number of carbonyl (C=O) groups is 1. The molecule has 6 heteroatoms. The minimum Gasteiger partial charge on any atom is -0.475 e. The third kappa shape index (κ3) is 3.35. The number of hydrogen-bond acceptors (Lipinski definition) is 3. The van der Waals surface area contributed by atoms with Crippen LogP contribution in [0.3, 0.4) is 0 Å². The summed E-state index contributed by atoms with van der Waals surface area (Å²) in [5, 5.41) is 0. The van der Waals surface area contributed by atoms with Gasteiger partial charge in [0.05, 0.1) is 5.41 Å². The van der Waals surface area contributed by atoms with Gasteiger partial charge in [-0.3, -0.25) is 0 Å². The van der Waals surface area contributed by atoms with Gasteiger partial charge in [0, 0.05) is 18.4 Å². The van der Waals surface area contributed by atoms with Gasteiger partial charge in [0.1, 0.15) is 11.4 Å². The number of ether oxygens (including phenoxy) is 2. The minimum atomic E-state index is -4.33. The number of hydrogen-bond donors (Lipinski definition) is 0. The highest BCUT2D eigenvalue weighted by Crippen LogP contribution is 2.61. The zero-order chi connectivity index (χ0) is 18.7. The van der Waals surface area contributed by atoms with E-state index in [1.807, 2.05) is 0 Å². The van der Waals surface area contributed by atoms with E-state index in [9.17, 15) is 18.0 Å². The smallest absolute Gasteiger partial charge is 0.398 e. The fourth-order valence-electron chi connectivity index (χ4n) is 2.98. The monoisotopic (exact) mass is 356 g/mol. The number of halogens is 3. The van der Waals surface area contributed by atoms with Crippen LogP contribution in [-0.2, 0) is 14.9 Å². The molecule has 0 heterocycles. The number of esters is 1. The lowest BCUT2D eigenvalue weighted by Crippen LogP contribution is -2.38. The van der Waals surface area contributed by atoms with Crippen molar-refractivity contribution in [2.45, 2.75) is 76.2 Å². The number of carbonyl (C=O) groups excluding carboxylic acids is 1. The third-order valence-corrected chi connectivity index (χ3v) is 4.73. The standard InChI is InChI=1S/C19H23F3O3/c1-12-5-6-13(17(7-8-17)19(20,21)22)14(11-12)24-18(9-10-18)15(23)25-16(2,3)4/h5-6,11H,7-10H2,1-4H3. The van der Waals surface area contributed by atoms with E-state index < -0.39 is 28.8 Å². The number of aryl methyl sites for hydroxylation is 1. The van der Waals surface area contributed by atoms with Crippen molar-refractivity contribution in [3.63, 3.8) is 0 Å². The summed E-state index contributed by atoms with van der Waals surface area (Å²) in [5.74, 6) is -0.359. The first-order valence-corrected chi connectivity index (χ1v) is 8.49. The van der Waals surface area contributed by atoms with E-state index in [4.69, 9.17) is 9.47 Å². The molecular formula is C19H23F3O3. The van der Waals surface area contributed by atoms with Crippen LogP contribution in [0.1, 0.15) is 57.6 Å². The van der Waals surface area contributed by atoms with Crippen LogP contribution in [0.15, 0.2) is 18.2 Å².